The fourth-order valence-corrected chi connectivity index (χ4v) is 1.78. The van der Waals surface area contributed by atoms with Gasteiger partial charge >= 0.3 is 0 Å². The van der Waals surface area contributed by atoms with Gasteiger partial charge in [0, 0.05) is 25.6 Å². The summed E-state index contributed by atoms with van der Waals surface area (Å²) in [5.74, 6) is 0.446. The first-order valence-electron chi connectivity index (χ1n) is 5.85. The average molecular weight is 331 g/mol. The van der Waals surface area contributed by atoms with E-state index in [1.165, 1.54) is 12.3 Å². The molecule has 1 aromatic rings. The molecular weight excluding hydrogens is 316 g/mol. The van der Waals surface area contributed by atoms with Crippen LogP contribution >= 0.6 is 15.9 Å². The number of halogens is 1. The molecule has 1 heterocycles. The smallest absolute Gasteiger partial charge is 0.288 e. The zero-order chi connectivity index (χ0) is 14.3. The van der Waals surface area contributed by atoms with Crippen LogP contribution in [0.5, 0.6) is 0 Å². The van der Waals surface area contributed by atoms with Gasteiger partial charge in [0.2, 0.25) is 5.91 Å². The molecule has 104 valence electrons. The molecule has 0 spiro atoms. The molecule has 0 aliphatic heterocycles. The summed E-state index contributed by atoms with van der Waals surface area (Å²) in [7, 11) is 0. The third-order valence-electron chi connectivity index (χ3n) is 2.25. The van der Waals surface area contributed by atoms with Crippen LogP contribution in [0.4, 0.5) is 11.5 Å². The Hall–Kier alpha value is -1.70. The highest BCUT2D eigenvalue weighted by Crippen LogP contribution is 2.24. The lowest BCUT2D eigenvalue weighted by Gasteiger charge is -2.07. The van der Waals surface area contributed by atoms with Gasteiger partial charge in [-0.2, -0.15) is 0 Å². The summed E-state index contributed by atoms with van der Waals surface area (Å²) < 4.78 is 0.496. The van der Waals surface area contributed by atoms with E-state index in [4.69, 9.17) is 0 Å². The Kier molecular flexibility index (Phi) is 6.20. The Morgan fingerprint density at radius 3 is 2.84 bits per heavy atom. The third kappa shape index (κ3) is 5.21. The van der Waals surface area contributed by atoms with Crippen molar-refractivity contribution in [3.05, 3.63) is 26.9 Å². The molecule has 0 radical (unpaired) electrons. The number of nitrogens with one attached hydrogen (secondary N) is 2. The number of nitrogens with zero attached hydrogens (tertiary/aromatic N) is 2. The predicted molar refractivity (Wildman–Crippen MR) is 75.0 cm³/mol. The molecule has 0 aromatic carbocycles. The number of amides is 1. The number of rotatable bonds is 7. The minimum absolute atomic E-state index is 0.0348. The number of anilines is 1. The Bertz CT molecular complexity index is 467. The summed E-state index contributed by atoms with van der Waals surface area (Å²) in [6, 6.07) is 1.37. The van der Waals surface area contributed by atoms with E-state index in [1.807, 2.05) is 6.92 Å². The van der Waals surface area contributed by atoms with Gasteiger partial charge in [-0.05, 0) is 22.4 Å². The topological polar surface area (TPSA) is 97.2 Å². The molecule has 0 atom stereocenters. The second kappa shape index (κ2) is 7.67. The molecule has 2 N–H and O–H groups in total. The lowest BCUT2D eigenvalue weighted by atomic mass is 10.3. The van der Waals surface area contributed by atoms with Crippen molar-refractivity contribution in [2.75, 3.05) is 18.4 Å². The van der Waals surface area contributed by atoms with Gasteiger partial charge in [-0.1, -0.05) is 6.92 Å². The molecule has 19 heavy (non-hydrogen) atoms. The summed E-state index contributed by atoms with van der Waals surface area (Å²) in [5, 5.41) is 16.2. The van der Waals surface area contributed by atoms with Crippen molar-refractivity contribution in [3.63, 3.8) is 0 Å². The first-order chi connectivity index (χ1) is 9.04. The molecule has 7 nitrogen and oxygen atoms in total. The van der Waals surface area contributed by atoms with E-state index < -0.39 is 4.92 Å². The number of pyridine rings is 1. The summed E-state index contributed by atoms with van der Waals surface area (Å²) in [5.41, 5.74) is -0.0851. The summed E-state index contributed by atoms with van der Waals surface area (Å²) in [6.45, 7) is 3.06. The maximum atomic E-state index is 11.3. The predicted octanol–water partition coefficient (Wildman–Crippen LogP) is 2.08. The van der Waals surface area contributed by atoms with Crippen LogP contribution < -0.4 is 10.6 Å². The molecule has 8 heteroatoms. The Labute approximate surface area is 119 Å². The van der Waals surface area contributed by atoms with Crippen LogP contribution in [0.2, 0.25) is 0 Å². The lowest BCUT2D eigenvalue weighted by molar-refractivity contribution is -0.385. The van der Waals surface area contributed by atoms with E-state index in [1.54, 1.807) is 0 Å². The zero-order valence-electron chi connectivity index (χ0n) is 10.5. The Morgan fingerprint density at radius 1 is 1.53 bits per heavy atom. The van der Waals surface area contributed by atoms with Crippen LogP contribution in [-0.2, 0) is 4.79 Å². The molecule has 1 amide bonds. The molecule has 0 fully saturated rings. The van der Waals surface area contributed by atoms with Crippen LogP contribution in [0.1, 0.15) is 19.8 Å². The van der Waals surface area contributed by atoms with E-state index in [-0.39, 0.29) is 11.6 Å². The minimum atomic E-state index is -0.514. The standard InChI is InChI=1S/C11H15BrN4O3/c1-2-4-13-10(17)3-5-14-11-9(12)6-8(7-15-11)16(18)19/h6-7H,2-5H2,1H3,(H,13,17)(H,14,15). The van der Waals surface area contributed by atoms with Gasteiger partial charge in [0.1, 0.15) is 12.0 Å². The monoisotopic (exact) mass is 330 g/mol. The Balaban J connectivity index is 2.45. The van der Waals surface area contributed by atoms with Gasteiger partial charge in [-0.15, -0.1) is 0 Å². The molecule has 0 aliphatic rings. The maximum absolute atomic E-state index is 11.3. The highest BCUT2D eigenvalue weighted by Gasteiger charge is 2.10. The molecule has 0 aliphatic carbocycles. The van der Waals surface area contributed by atoms with Crippen molar-refractivity contribution in [1.82, 2.24) is 10.3 Å². The number of carbonyl (C=O) groups excluding carboxylic acids is 1. The summed E-state index contributed by atoms with van der Waals surface area (Å²) >= 11 is 3.19. The third-order valence-corrected chi connectivity index (χ3v) is 2.86. The average Bonchev–Trinajstić information content (AvgIpc) is 2.38. The van der Waals surface area contributed by atoms with Crippen molar-refractivity contribution in [2.24, 2.45) is 0 Å². The molecule has 0 bridgehead atoms. The second-order valence-electron chi connectivity index (χ2n) is 3.81. The summed E-state index contributed by atoms with van der Waals surface area (Å²) in [4.78, 5) is 25.3. The first-order valence-corrected chi connectivity index (χ1v) is 6.64. The highest BCUT2D eigenvalue weighted by molar-refractivity contribution is 9.10. The van der Waals surface area contributed by atoms with Crippen LogP contribution in [0.15, 0.2) is 16.7 Å². The zero-order valence-corrected chi connectivity index (χ0v) is 12.1. The Morgan fingerprint density at radius 2 is 2.26 bits per heavy atom. The fourth-order valence-electron chi connectivity index (χ4n) is 1.30. The van der Waals surface area contributed by atoms with Crippen molar-refractivity contribution >= 4 is 33.3 Å². The largest absolute Gasteiger partial charge is 0.369 e. The van der Waals surface area contributed by atoms with Gasteiger partial charge < -0.3 is 10.6 Å². The number of hydrogen-bond acceptors (Lipinski definition) is 5. The van der Waals surface area contributed by atoms with Crippen molar-refractivity contribution in [1.29, 1.82) is 0 Å². The molecular formula is C11H15BrN4O3. The second-order valence-corrected chi connectivity index (χ2v) is 4.66. The van der Waals surface area contributed by atoms with Crippen molar-refractivity contribution in [3.8, 4) is 0 Å². The highest BCUT2D eigenvalue weighted by atomic mass is 79.9. The van der Waals surface area contributed by atoms with Gasteiger partial charge in [0.25, 0.3) is 5.69 Å². The van der Waals surface area contributed by atoms with Gasteiger partial charge in [-0.25, -0.2) is 4.98 Å². The fraction of sp³-hybridized carbons (Fsp3) is 0.455. The van der Waals surface area contributed by atoms with Gasteiger partial charge in [0.05, 0.1) is 9.40 Å². The van der Waals surface area contributed by atoms with Gasteiger partial charge in [0.15, 0.2) is 0 Å². The van der Waals surface area contributed by atoms with E-state index in [0.717, 1.165) is 6.42 Å². The molecule has 0 saturated heterocycles. The SMILES string of the molecule is CCCNC(=O)CCNc1ncc([N+](=O)[O-])cc1Br. The van der Waals surface area contributed by atoms with Gasteiger partial charge in [-0.3, -0.25) is 14.9 Å². The number of nitro groups is 1. The van der Waals surface area contributed by atoms with Crippen LogP contribution in [-0.4, -0.2) is 28.9 Å². The molecule has 0 unspecified atom stereocenters. The van der Waals surface area contributed by atoms with E-state index >= 15 is 0 Å². The van der Waals surface area contributed by atoms with Crippen LogP contribution in [0.3, 0.4) is 0 Å². The van der Waals surface area contributed by atoms with Crippen molar-refractivity contribution in [2.45, 2.75) is 19.8 Å². The summed E-state index contributed by atoms with van der Waals surface area (Å²) in [6.07, 6.45) is 2.39. The van der Waals surface area contributed by atoms with E-state index in [0.29, 0.717) is 29.8 Å². The van der Waals surface area contributed by atoms with Crippen LogP contribution in [0.25, 0.3) is 0 Å². The molecule has 1 rings (SSSR count). The number of aromatic nitrogens is 1. The van der Waals surface area contributed by atoms with Crippen molar-refractivity contribution < 1.29 is 9.72 Å². The normalized spacial score (nSPS) is 10.0. The molecule has 0 saturated carbocycles. The first kappa shape index (κ1) is 15.4. The lowest BCUT2D eigenvalue weighted by Crippen LogP contribution is -2.26. The van der Waals surface area contributed by atoms with Crippen LogP contribution in [0, 0.1) is 10.1 Å². The van der Waals surface area contributed by atoms with E-state index in [9.17, 15) is 14.9 Å². The van der Waals surface area contributed by atoms with E-state index in [2.05, 4.69) is 31.5 Å². The number of carbonyl (C=O) groups is 1. The maximum Gasteiger partial charge on any atom is 0.288 e. The number of hydrogen-bond donors (Lipinski definition) is 2. The molecule has 1 aromatic heterocycles. The minimum Gasteiger partial charge on any atom is -0.369 e. The quantitative estimate of drug-likeness (QED) is 0.589.